The molecule has 0 aromatic heterocycles. The lowest BCUT2D eigenvalue weighted by Gasteiger charge is -2.18. The average molecular weight is 298 g/mol. The van der Waals surface area contributed by atoms with Crippen LogP contribution in [-0.4, -0.2) is 21.5 Å². The summed E-state index contributed by atoms with van der Waals surface area (Å²) in [7, 11) is -3.39. The predicted octanol–water partition coefficient (Wildman–Crippen LogP) is 2.29. The first-order chi connectivity index (χ1) is 9.24. The second kappa shape index (κ2) is 7.20. The zero-order chi connectivity index (χ0) is 15.2. The van der Waals surface area contributed by atoms with Crippen LogP contribution in [0.4, 0.5) is 0 Å². The molecule has 0 unspecified atom stereocenters. The highest BCUT2D eigenvalue weighted by Crippen LogP contribution is 2.18. The van der Waals surface area contributed by atoms with Crippen molar-refractivity contribution in [2.75, 3.05) is 13.1 Å². The minimum absolute atomic E-state index is 0.120. The lowest BCUT2D eigenvalue weighted by Crippen LogP contribution is -2.27. The van der Waals surface area contributed by atoms with Crippen molar-refractivity contribution in [1.82, 2.24) is 4.72 Å². The minimum Gasteiger partial charge on any atom is -0.330 e. The number of hydrogen-bond acceptors (Lipinski definition) is 3. The van der Waals surface area contributed by atoms with Crippen LogP contribution in [0.2, 0.25) is 0 Å². The molecule has 0 fully saturated rings. The number of sulfonamides is 1. The van der Waals surface area contributed by atoms with Crippen LogP contribution in [0.1, 0.15) is 39.2 Å². The molecule has 1 aromatic rings. The van der Waals surface area contributed by atoms with Crippen molar-refractivity contribution in [3.8, 4) is 0 Å². The Hall–Kier alpha value is -0.910. The van der Waals surface area contributed by atoms with Crippen molar-refractivity contribution in [1.29, 1.82) is 0 Å². The molecule has 20 heavy (non-hydrogen) atoms. The Bertz CT molecular complexity index is 502. The van der Waals surface area contributed by atoms with Crippen LogP contribution in [0, 0.1) is 5.41 Å². The Morgan fingerprint density at radius 3 is 2.25 bits per heavy atom. The number of aryl methyl sites for hydroxylation is 1. The molecule has 0 amide bonds. The second-order valence-corrected chi connectivity index (χ2v) is 8.01. The van der Waals surface area contributed by atoms with Crippen LogP contribution >= 0.6 is 0 Å². The third kappa shape index (κ3) is 6.03. The minimum atomic E-state index is -3.39. The van der Waals surface area contributed by atoms with Gasteiger partial charge in [0.2, 0.25) is 10.0 Å². The first-order valence-corrected chi connectivity index (χ1v) is 8.52. The summed E-state index contributed by atoms with van der Waals surface area (Å²) in [5.74, 6) is 0. The van der Waals surface area contributed by atoms with Gasteiger partial charge in [0.25, 0.3) is 0 Å². The van der Waals surface area contributed by atoms with E-state index in [1.165, 1.54) is 0 Å². The lowest BCUT2D eigenvalue weighted by molar-refractivity contribution is 0.378. The molecule has 0 aliphatic heterocycles. The molecule has 0 bridgehead atoms. The van der Waals surface area contributed by atoms with E-state index in [0.29, 0.717) is 18.0 Å². The van der Waals surface area contributed by atoms with Gasteiger partial charge in [-0.25, -0.2) is 13.1 Å². The van der Waals surface area contributed by atoms with Gasteiger partial charge >= 0.3 is 0 Å². The molecule has 0 aliphatic carbocycles. The number of benzene rings is 1. The molecule has 5 heteroatoms. The van der Waals surface area contributed by atoms with E-state index >= 15 is 0 Å². The summed E-state index contributed by atoms with van der Waals surface area (Å²) in [6.45, 7) is 7.38. The predicted molar refractivity (Wildman–Crippen MR) is 83.1 cm³/mol. The molecule has 1 rings (SSSR count). The molecule has 3 N–H and O–H groups in total. The summed E-state index contributed by atoms with van der Waals surface area (Å²) in [5, 5.41) is 0. The van der Waals surface area contributed by atoms with E-state index in [2.05, 4.69) is 25.5 Å². The van der Waals surface area contributed by atoms with Gasteiger partial charge in [0, 0.05) is 6.54 Å². The fourth-order valence-corrected chi connectivity index (χ4v) is 2.82. The average Bonchev–Trinajstić information content (AvgIpc) is 2.35. The van der Waals surface area contributed by atoms with Gasteiger partial charge in [0.1, 0.15) is 0 Å². The van der Waals surface area contributed by atoms with Crippen molar-refractivity contribution in [3.05, 3.63) is 29.8 Å². The van der Waals surface area contributed by atoms with Crippen LogP contribution in [-0.2, 0) is 16.4 Å². The van der Waals surface area contributed by atoms with Crippen LogP contribution in [0.5, 0.6) is 0 Å². The van der Waals surface area contributed by atoms with Gasteiger partial charge in [-0.15, -0.1) is 0 Å². The molecule has 114 valence electrons. The van der Waals surface area contributed by atoms with E-state index in [9.17, 15) is 8.42 Å². The highest BCUT2D eigenvalue weighted by molar-refractivity contribution is 7.89. The lowest BCUT2D eigenvalue weighted by atomic mass is 9.93. The van der Waals surface area contributed by atoms with E-state index in [1.54, 1.807) is 12.1 Å². The Balaban J connectivity index is 2.63. The third-order valence-corrected chi connectivity index (χ3v) is 4.55. The van der Waals surface area contributed by atoms with Crippen molar-refractivity contribution in [3.63, 3.8) is 0 Å². The third-order valence-electron chi connectivity index (χ3n) is 3.07. The van der Waals surface area contributed by atoms with Crippen molar-refractivity contribution >= 4 is 10.0 Å². The normalized spacial score (nSPS) is 12.6. The Morgan fingerprint density at radius 2 is 1.75 bits per heavy atom. The molecule has 0 heterocycles. The van der Waals surface area contributed by atoms with Gasteiger partial charge in [0.05, 0.1) is 4.90 Å². The number of hydrogen-bond donors (Lipinski definition) is 2. The number of rotatable bonds is 7. The van der Waals surface area contributed by atoms with Crippen molar-refractivity contribution < 1.29 is 8.42 Å². The molecule has 0 aliphatic rings. The smallest absolute Gasteiger partial charge is 0.240 e. The number of nitrogens with one attached hydrogen (secondary N) is 1. The molecule has 0 saturated heterocycles. The highest BCUT2D eigenvalue weighted by atomic mass is 32.2. The van der Waals surface area contributed by atoms with E-state index in [-0.39, 0.29) is 5.41 Å². The molecule has 1 aromatic carbocycles. The summed E-state index contributed by atoms with van der Waals surface area (Å²) >= 11 is 0. The molecular weight excluding hydrogens is 272 g/mol. The zero-order valence-electron chi connectivity index (χ0n) is 12.6. The van der Waals surface area contributed by atoms with Crippen LogP contribution in [0.3, 0.4) is 0 Å². The van der Waals surface area contributed by atoms with E-state index in [1.807, 2.05) is 12.1 Å². The molecule has 0 radical (unpaired) electrons. The summed E-state index contributed by atoms with van der Waals surface area (Å²) in [6.07, 6.45) is 2.60. The van der Waals surface area contributed by atoms with Gasteiger partial charge in [-0.2, -0.15) is 0 Å². The van der Waals surface area contributed by atoms with E-state index in [4.69, 9.17) is 5.73 Å². The zero-order valence-corrected chi connectivity index (χ0v) is 13.5. The summed E-state index contributed by atoms with van der Waals surface area (Å²) in [5.41, 5.74) is 6.69. The van der Waals surface area contributed by atoms with Gasteiger partial charge < -0.3 is 5.73 Å². The molecular formula is C15H26N2O2S. The first-order valence-electron chi connectivity index (χ1n) is 7.03. The molecule has 4 nitrogen and oxygen atoms in total. The maximum Gasteiger partial charge on any atom is 0.240 e. The van der Waals surface area contributed by atoms with Crippen LogP contribution < -0.4 is 10.5 Å². The van der Waals surface area contributed by atoms with Gasteiger partial charge in [-0.1, -0.05) is 32.9 Å². The van der Waals surface area contributed by atoms with Crippen LogP contribution in [0.15, 0.2) is 29.2 Å². The fourth-order valence-electron chi connectivity index (χ4n) is 1.79. The van der Waals surface area contributed by atoms with E-state index < -0.39 is 10.0 Å². The monoisotopic (exact) mass is 298 g/mol. The number of nitrogens with two attached hydrogens (primary N) is 1. The standard InChI is InChI=1S/C15H26N2O2S/c1-15(2,3)10-12-17-20(18,19)14-8-6-13(7-9-14)5-4-11-16/h6-9,17H,4-5,10-12,16H2,1-3H3. The van der Waals surface area contributed by atoms with Gasteiger partial charge in [-0.3, -0.25) is 0 Å². The Kier molecular flexibility index (Phi) is 6.17. The molecule has 0 atom stereocenters. The van der Waals surface area contributed by atoms with Crippen molar-refractivity contribution in [2.45, 2.75) is 44.9 Å². The quantitative estimate of drug-likeness (QED) is 0.811. The maximum atomic E-state index is 12.1. The fraction of sp³-hybridized carbons (Fsp3) is 0.600. The topological polar surface area (TPSA) is 72.2 Å². The highest BCUT2D eigenvalue weighted by Gasteiger charge is 2.16. The largest absolute Gasteiger partial charge is 0.330 e. The van der Waals surface area contributed by atoms with E-state index in [0.717, 1.165) is 24.8 Å². The maximum absolute atomic E-state index is 12.1. The van der Waals surface area contributed by atoms with Crippen LogP contribution in [0.25, 0.3) is 0 Å². The summed E-state index contributed by atoms with van der Waals surface area (Å²) < 4.78 is 26.9. The Morgan fingerprint density at radius 1 is 1.15 bits per heavy atom. The first kappa shape index (κ1) is 17.1. The SMILES string of the molecule is CC(C)(C)CCNS(=O)(=O)c1ccc(CCCN)cc1. The summed E-state index contributed by atoms with van der Waals surface area (Å²) in [4.78, 5) is 0.322. The molecule has 0 spiro atoms. The second-order valence-electron chi connectivity index (χ2n) is 6.24. The van der Waals surface area contributed by atoms with Gasteiger partial charge in [0.15, 0.2) is 0 Å². The Labute approximate surface area is 122 Å². The van der Waals surface area contributed by atoms with Crippen molar-refractivity contribution in [2.24, 2.45) is 11.1 Å². The molecule has 0 saturated carbocycles. The summed E-state index contributed by atoms with van der Waals surface area (Å²) in [6, 6.07) is 7.03. The van der Waals surface area contributed by atoms with Gasteiger partial charge in [-0.05, 0) is 48.9 Å².